The quantitative estimate of drug-likeness (QED) is 0.759. The number of carbonyl (C=O) groups is 2. The van der Waals surface area contributed by atoms with Gasteiger partial charge in [0.05, 0.1) is 19.2 Å². The molecule has 0 saturated heterocycles. The zero-order valence-corrected chi connectivity index (χ0v) is 14.5. The third-order valence-corrected chi connectivity index (χ3v) is 3.39. The number of ether oxygens (including phenoxy) is 1. The van der Waals surface area contributed by atoms with Gasteiger partial charge in [0.2, 0.25) is 5.91 Å². The Kier molecular flexibility index (Phi) is 8.61. The first kappa shape index (κ1) is 19.4. The lowest BCUT2D eigenvalue weighted by atomic mass is 10.2. The van der Waals surface area contributed by atoms with E-state index >= 15 is 0 Å². The Morgan fingerprint density at radius 1 is 1.39 bits per heavy atom. The number of benzene rings is 1. The molecule has 0 fully saturated rings. The van der Waals surface area contributed by atoms with Crippen molar-refractivity contribution in [3.8, 4) is 0 Å². The standard InChI is InChI=1S/C16H24ClN3O3/c1-4-20(9-13-6-5-7-14(17)8-13)10-15(21)19-16(22)18-12(2)11-23-3/h5-8,12H,4,9-11H2,1-3H3,(H2,18,19,21,22). The second-order valence-electron chi connectivity index (χ2n) is 5.31. The highest BCUT2D eigenvalue weighted by Gasteiger charge is 2.14. The molecular formula is C16H24ClN3O3. The van der Waals surface area contributed by atoms with E-state index in [0.717, 1.165) is 5.56 Å². The average Bonchev–Trinajstić information content (AvgIpc) is 2.46. The number of amides is 3. The minimum atomic E-state index is -0.515. The summed E-state index contributed by atoms with van der Waals surface area (Å²) in [7, 11) is 1.55. The number of nitrogens with one attached hydrogen (secondary N) is 2. The fourth-order valence-corrected chi connectivity index (χ4v) is 2.31. The van der Waals surface area contributed by atoms with Crippen molar-refractivity contribution in [3.63, 3.8) is 0 Å². The summed E-state index contributed by atoms with van der Waals surface area (Å²) in [6.07, 6.45) is 0. The van der Waals surface area contributed by atoms with Crippen molar-refractivity contribution in [2.24, 2.45) is 0 Å². The number of methoxy groups -OCH3 is 1. The van der Waals surface area contributed by atoms with E-state index in [1.165, 1.54) is 0 Å². The van der Waals surface area contributed by atoms with Gasteiger partial charge < -0.3 is 10.1 Å². The van der Waals surface area contributed by atoms with Gasteiger partial charge in [-0.15, -0.1) is 0 Å². The maximum atomic E-state index is 11.9. The predicted molar refractivity (Wildman–Crippen MR) is 90.4 cm³/mol. The van der Waals surface area contributed by atoms with Crippen molar-refractivity contribution in [3.05, 3.63) is 34.9 Å². The number of halogens is 1. The maximum Gasteiger partial charge on any atom is 0.321 e. The topological polar surface area (TPSA) is 70.7 Å². The van der Waals surface area contributed by atoms with Gasteiger partial charge in [-0.1, -0.05) is 30.7 Å². The average molecular weight is 342 g/mol. The molecule has 0 heterocycles. The minimum Gasteiger partial charge on any atom is -0.383 e. The van der Waals surface area contributed by atoms with Crippen molar-refractivity contribution in [1.82, 2.24) is 15.5 Å². The van der Waals surface area contributed by atoms with Gasteiger partial charge in [0, 0.05) is 18.7 Å². The minimum absolute atomic E-state index is 0.134. The molecule has 1 rings (SSSR count). The number of urea groups is 1. The van der Waals surface area contributed by atoms with Crippen molar-refractivity contribution in [2.45, 2.75) is 26.4 Å². The van der Waals surface area contributed by atoms with Crippen molar-refractivity contribution in [2.75, 3.05) is 26.8 Å². The third kappa shape index (κ3) is 7.97. The predicted octanol–water partition coefficient (Wildman–Crippen LogP) is 2.02. The summed E-state index contributed by atoms with van der Waals surface area (Å²) in [4.78, 5) is 25.5. The van der Waals surface area contributed by atoms with Crippen LogP contribution in [0.25, 0.3) is 0 Å². The first-order chi connectivity index (χ1) is 10.9. The van der Waals surface area contributed by atoms with Crippen LogP contribution in [0.5, 0.6) is 0 Å². The molecule has 0 aromatic heterocycles. The molecule has 23 heavy (non-hydrogen) atoms. The van der Waals surface area contributed by atoms with E-state index < -0.39 is 6.03 Å². The highest BCUT2D eigenvalue weighted by molar-refractivity contribution is 6.30. The largest absolute Gasteiger partial charge is 0.383 e. The Hall–Kier alpha value is -1.63. The number of hydrogen-bond donors (Lipinski definition) is 2. The first-order valence-electron chi connectivity index (χ1n) is 7.50. The first-order valence-corrected chi connectivity index (χ1v) is 7.88. The molecule has 0 aliphatic heterocycles. The summed E-state index contributed by atoms with van der Waals surface area (Å²) in [5.41, 5.74) is 1.02. The molecule has 1 atom stereocenters. The van der Waals surface area contributed by atoms with Crippen molar-refractivity contribution >= 4 is 23.5 Å². The van der Waals surface area contributed by atoms with E-state index in [2.05, 4.69) is 10.6 Å². The van der Waals surface area contributed by atoms with Gasteiger partial charge in [-0.3, -0.25) is 15.0 Å². The number of nitrogens with zero attached hydrogens (tertiary/aromatic N) is 1. The van der Waals surface area contributed by atoms with Crippen LogP contribution in [0.3, 0.4) is 0 Å². The third-order valence-electron chi connectivity index (χ3n) is 3.16. The molecule has 0 radical (unpaired) electrons. The molecule has 128 valence electrons. The summed E-state index contributed by atoms with van der Waals surface area (Å²) in [6, 6.07) is 6.81. The fourth-order valence-electron chi connectivity index (χ4n) is 2.09. The molecule has 1 unspecified atom stereocenters. The molecule has 2 N–H and O–H groups in total. The van der Waals surface area contributed by atoms with Crippen LogP contribution in [0.15, 0.2) is 24.3 Å². The summed E-state index contributed by atoms with van der Waals surface area (Å²) in [5.74, 6) is -0.351. The zero-order chi connectivity index (χ0) is 17.2. The molecule has 6 nitrogen and oxygen atoms in total. The van der Waals surface area contributed by atoms with Gasteiger partial charge >= 0.3 is 6.03 Å². The summed E-state index contributed by atoms with van der Waals surface area (Å²) >= 11 is 5.96. The van der Waals surface area contributed by atoms with E-state index in [4.69, 9.17) is 16.3 Å². The SMILES string of the molecule is CCN(CC(=O)NC(=O)NC(C)COC)Cc1cccc(Cl)c1. The summed E-state index contributed by atoms with van der Waals surface area (Å²) in [5, 5.41) is 5.61. The summed E-state index contributed by atoms with van der Waals surface area (Å²) in [6.45, 7) is 5.55. The van der Waals surface area contributed by atoms with Crippen molar-refractivity contribution in [1.29, 1.82) is 0 Å². The highest BCUT2D eigenvalue weighted by atomic mass is 35.5. The second-order valence-corrected chi connectivity index (χ2v) is 5.75. The molecule has 7 heteroatoms. The van der Waals surface area contributed by atoms with E-state index in [9.17, 15) is 9.59 Å². The number of rotatable bonds is 8. The Bertz CT molecular complexity index is 525. The van der Waals surface area contributed by atoms with Gasteiger partial charge in [0.25, 0.3) is 0 Å². The van der Waals surface area contributed by atoms with Gasteiger partial charge in [-0.25, -0.2) is 4.79 Å². The fraction of sp³-hybridized carbons (Fsp3) is 0.500. The van der Waals surface area contributed by atoms with Crippen LogP contribution >= 0.6 is 11.6 Å². The van der Waals surface area contributed by atoms with Crippen LogP contribution in [-0.4, -0.2) is 49.7 Å². The lowest BCUT2D eigenvalue weighted by molar-refractivity contribution is -0.121. The molecule has 1 aromatic rings. The Morgan fingerprint density at radius 2 is 2.13 bits per heavy atom. The molecule has 0 aliphatic rings. The van der Waals surface area contributed by atoms with Gasteiger partial charge in [0.1, 0.15) is 0 Å². The molecule has 0 spiro atoms. The molecule has 0 saturated carbocycles. The van der Waals surface area contributed by atoms with Crippen LogP contribution in [0.1, 0.15) is 19.4 Å². The lowest BCUT2D eigenvalue weighted by Crippen LogP contribution is -2.47. The Morgan fingerprint density at radius 3 is 2.74 bits per heavy atom. The number of hydrogen-bond acceptors (Lipinski definition) is 4. The van der Waals surface area contributed by atoms with Crippen LogP contribution < -0.4 is 10.6 Å². The molecule has 3 amide bonds. The maximum absolute atomic E-state index is 11.9. The van der Waals surface area contributed by atoms with Gasteiger partial charge in [-0.05, 0) is 31.2 Å². The number of likely N-dealkylation sites (N-methyl/N-ethyl adjacent to an activating group) is 1. The van der Waals surface area contributed by atoms with Gasteiger partial charge in [-0.2, -0.15) is 0 Å². The highest BCUT2D eigenvalue weighted by Crippen LogP contribution is 2.12. The number of imide groups is 1. The number of carbonyl (C=O) groups excluding carboxylic acids is 2. The lowest BCUT2D eigenvalue weighted by Gasteiger charge is -2.20. The molecule has 0 bridgehead atoms. The Balaban J connectivity index is 2.45. The van der Waals surface area contributed by atoms with Crippen LogP contribution in [0.2, 0.25) is 5.02 Å². The van der Waals surface area contributed by atoms with E-state index in [-0.39, 0.29) is 18.5 Å². The second kappa shape index (κ2) is 10.2. The Labute approximate surface area is 142 Å². The smallest absolute Gasteiger partial charge is 0.321 e. The van der Waals surface area contributed by atoms with E-state index in [1.807, 2.05) is 30.0 Å². The van der Waals surface area contributed by atoms with E-state index in [0.29, 0.717) is 24.7 Å². The normalized spacial score (nSPS) is 12.0. The molecular weight excluding hydrogens is 318 g/mol. The van der Waals surface area contributed by atoms with Gasteiger partial charge in [0.15, 0.2) is 0 Å². The molecule has 1 aromatic carbocycles. The van der Waals surface area contributed by atoms with Crippen molar-refractivity contribution < 1.29 is 14.3 Å². The van der Waals surface area contributed by atoms with Crippen LogP contribution in [0.4, 0.5) is 4.79 Å². The molecule has 0 aliphatic carbocycles. The zero-order valence-electron chi connectivity index (χ0n) is 13.8. The van der Waals surface area contributed by atoms with Crippen LogP contribution in [0, 0.1) is 0 Å². The van der Waals surface area contributed by atoms with E-state index in [1.54, 1.807) is 20.1 Å². The monoisotopic (exact) mass is 341 g/mol. The van der Waals surface area contributed by atoms with Crippen LogP contribution in [-0.2, 0) is 16.1 Å². The summed E-state index contributed by atoms with van der Waals surface area (Å²) < 4.78 is 4.92.